The molecule has 72 valence electrons. The molecule has 0 N–H and O–H groups in total. The molecule has 1 atom stereocenters. The smallest absolute Gasteiger partial charge is 0.00222 e. The molecule has 1 unspecified atom stereocenters. The summed E-state index contributed by atoms with van der Waals surface area (Å²) >= 11 is 0. The highest BCUT2D eigenvalue weighted by Gasteiger charge is 2.20. The second-order valence-electron chi connectivity index (χ2n) is 4.61. The Kier molecular flexibility index (Phi) is 4.07. The maximum absolute atomic E-state index is 2.43. The summed E-state index contributed by atoms with van der Waals surface area (Å²) in [6.45, 7) is 3.69. The van der Waals surface area contributed by atoms with Crippen molar-refractivity contribution in [3.8, 4) is 0 Å². The summed E-state index contributed by atoms with van der Waals surface area (Å²) < 4.78 is 0. The van der Waals surface area contributed by atoms with E-state index in [-0.39, 0.29) is 0 Å². The van der Waals surface area contributed by atoms with Gasteiger partial charge >= 0.3 is 0 Å². The molecule has 0 aromatic carbocycles. The largest absolute Gasteiger partial charge is 0.309 e. The van der Waals surface area contributed by atoms with Crippen LogP contribution in [-0.2, 0) is 0 Å². The minimum absolute atomic E-state index is 0.954. The van der Waals surface area contributed by atoms with Crippen molar-refractivity contribution in [2.75, 3.05) is 20.6 Å². The standard InChI is InChI=1S/C11H23N/c1-10(8-9-12(2)3)11-6-4-5-7-11/h10-11H,4-9H2,1-3H3. The molecule has 0 bridgehead atoms. The Bertz CT molecular complexity index is 114. The van der Waals surface area contributed by atoms with Crippen LogP contribution in [0.5, 0.6) is 0 Å². The molecule has 1 aliphatic carbocycles. The molecule has 0 aliphatic heterocycles. The second-order valence-corrected chi connectivity index (χ2v) is 4.61. The maximum Gasteiger partial charge on any atom is -0.00222 e. The van der Waals surface area contributed by atoms with Crippen LogP contribution in [0.3, 0.4) is 0 Å². The Morgan fingerprint density at radius 1 is 1.25 bits per heavy atom. The first kappa shape index (κ1) is 10.0. The highest BCUT2D eigenvalue weighted by molar-refractivity contribution is 4.73. The fourth-order valence-corrected chi connectivity index (χ4v) is 2.22. The normalized spacial score (nSPS) is 22.0. The van der Waals surface area contributed by atoms with Crippen molar-refractivity contribution in [1.82, 2.24) is 4.90 Å². The molecule has 0 radical (unpaired) electrons. The highest BCUT2D eigenvalue weighted by Crippen LogP contribution is 2.32. The number of hydrogen-bond donors (Lipinski definition) is 0. The fourth-order valence-electron chi connectivity index (χ4n) is 2.22. The van der Waals surface area contributed by atoms with E-state index in [0.717, 1.165) is 11.8 Å². The van der Waals surface area contributed by atoms with Crippen molar-refractivity contribution < 1.29 is 0 Å². The van der Waals surface area contributed by atoms with Gasteiger partial charge in [-0.15, -0.1) is 0 Å². The lowest BCUT2D eigenvalue weighted by Gasteiger charge is -2.20. The molecule has 1 rings (SSSR count). The molecule has 1 heteroatoms. The average molecular weight is 169 g/mol. The van der Waals surface area contributed by atoms with E-state index in [1.54, 1.807) is 0 Å². The maximum atomic E-state index is 2.43. The van der Waals surface area contributed by atoms with E-state index in [1.165, 1.54) is 38.6 Å². The Morgan fingerprint density at radius 3 is 2.33 bits per heavy atom. The first-order chi connectivity index (χ1) is 5.70. The quantitative estimate of drug-likeness (QED) is 0.625. The summed E-state index contributed by atoms with van der Waals surface area (Å²) in [6.07, 6.45) is 7.34. The molecule has 1 aliphatic rings. The van der Waals surface area contributed by atoms with Crippen molar-refractivity contribution in [3.05, 3.63) is 0 Å². The van der Waals surface area contributed by atoms with Gasteiger partial charge in [0.15, 0.2) is 0 Å². The van der Waals surface area contributed by atoms with Crippen molar-refractivity contribution in [3.63, 3.8) is 0 Å². The molecule has 0 aromatic heterocycles. The molecule has 0 saturated heterocycles. The van der Waals surface area contributed by atoms with Crippen LogP contribution in [0.4, 0.5) is 0 Å². The molecule has 0 aromatic rings. The molecular formula is C11H23N. The van der Waals surface area contributed by atoms with Crippen molar-refractivity contribution in [2.24, 2.45) is 11.8 Å². The summed E-state index contributed by atoms with van der Waals surface area (Å²) in [7, 11) is 4.34. The molecule has 0 spiro atoms. The summed E-state index contributed by atoms with van der Waals surface area (Å²) in [6, 6.07) is 0. The zero-order valence-corrected chi connectivity index (χ0v) is 8.84. The van der Waals surface area contributed by atoms with Gasteiger partial charge in [-0.3, -0.25) is 0 Å². The van der Waals surface area contributed by atoms with E-state index in [0.29, 0.717) is 0 Å². The predicted molar refractivity (Wildman–Crippen MR) is 54.3 cm³/mol. The molecule has 0 heterocycles. The lowest BCUT2D eigenvalue weighted by molar-refractivity contribution is 0.293. The highest BCUT2D eigenvalue weighted by atomic mass is 15.0. The van der Waals surface area contributed by atoms with E-state index in [9.17, 15) is 0 Å². The van der Waals surface area contributed by atoms with Gasteiger partial charge in [0.1, 0.15) is 0 Å². The van der Waals surface area contributed by atoms with Gasteiger partial charge < -0.3 is 4.90 Å². The third-order valence-corrected chi connectivity index (χ3v) is 3.24. The van der Waals surface area contributed by atoms with Crippen molar-refractivity contribution in [2.45, 2.75) is 39.0 Å². The van der Waals surface area contributed by atoms with Gasteiger partial charge in [0.05, 0.1) is 0 Å². The Hall–Kier alpha value is -0.0400. The van der Waals surface area contributed by atoms with Crippen molar-refractivity contribution >= 4 is 0 Å². The first-order valence-electron chi connectivity index (χ1n) is 5.35. The van der Waals surface area contributed by atoms with Crippen LogP contribution in [0.1, 0.15) is 39.0 Å². The molecule has 1 nitrogen and oxygen atoms in total. The number of nitrogens with zero attached hydrogens (tertiary/aromatic N) is 1. The van der Waals surface area contributed by atoms with Gasteiger partial charge in [-0.2, -0.15) is 0 Å². The van der Waals surface area contributed by atoms with E-state index in [4.69, 9.17) is 0 Å². The topological polar surface area (TPSA) is 3.24 Å². The van der Waals surface area contributed by atoms with Crippen LogP contribution in [0.25, 0.3) is 0 Å². The van der Waals surface area contributed by atoms with Gasteiger partial charge in [0, 0.05) is 0 Å². The van der Waals surface area contributed by atoms with Crippen LogP contribution < -0.4 is 0 Å². The number of hydrogen-bond acceptors (Lipinski definition) is 1. The summed E-state index contributed by atoms with van der Waals surface area (Å²) in [5, 5.41) is 0. The summed E-state index contributed by atoms with van der Waals surface area (Å²) in [5.41, 5.74) is 0. The van der Waals surface area contributed by atoms with Crippen LogP contribution in [0.15, 0.2) is 0 Å². The molecular weight excluding hydrogens is 146 g/mol. The summed E-state index contributed by atoms with van der Waals surface area (Å²) in [4.78, 5) is 2.30. The van der Waals surface area contributed by atoms with Gasteiger partial charge in [-0.05, 0) is 38.9 Å². The van der Waals surface area contributed by atoms with E-state index >= 15 is 0 Å². The van der Waals surface area contributed by atoms with E-state index in [1.807, 2.05) is 0 Å². The third-order valence-electron chi connectivity index (χ3n) is 3.24. The zero-order chi connectivity index (χ0) is 8.97. The average Bonchev–Trinajstić information content (AvgIpc) is 2.51. The first-order valence-corrected chi connectivity index (χ1v) is 5.35. The fraction of sp³-hybridized carbons (Fsp3) is 1.00. The Balaban J connectivity index is 2.13. The lowest BCUT2D eigenvalue weighted by atomic mass is 9.90. The second kappa shape index (κ2) is 4.86. The van der Waals surface area contributed by atoms with E-state index < -0.39 is 0 Å². The third kappa shape index (κ3) is 3.14. The predicted octanol–water partition coefficient (Wildman–Crippen LogP) is 2.76. The minimum atomic E-state index is 0.954. The van der Waals surface area contributed by atoms with Crippen LogP contribution >= 0.6 is 0 Å². The SMILES string of the molecule is CC(CCN(C)C)C1CCCC1. The van der Waals surface area contributed by atoms with Gasteiger partial charge in [-0.1, -0.05) is 32.6 Å². The lowest BCUT2D eigenvalue weighted by Crippen LogP contribution is -2.18. The van der Waals surface area contributed by atoms with Crippen LogP contribution in [0.2, 0.25) is 0 Å². The van der Waals surface area contributed by atoms with E-state index in [2.05, 4.69) is 25.9 Å². The Morgan fingerprint density at radius 2 is 1.83 bits per heavy atom. The molecule has 1 saturated carbocycles. The van der Waals surface area contributed by atoms with Gasteiger partial charge in [-0.25, -0.2) is 0 Å². The minimum Gasteiger partial charge on any atom is -0.309 e. The van der Waals surface area contributed by atoms with Crippen LogP contribution in [0, 0.1) is 11.8 Å². The number of rotatable bonds is 4. The molecule has 0 amide bonds. The zero-order valence-electron chi connectivity index (χ0n) is 8.84. The molecule has 12 heavy (non-hydrogen) atoms. The van der Waals surface area contributed by atoms with Gasteiger partial charge in [0.2, 0.25) is 0 Å². The van der Waals surface area contributed by atoms with Crippen molar-refractivity contribution in [1.29, 1.82) is 0 Å². The monoisotopic (exact) mass is 169 g/mol. The van der Waals surface area contributed by atoms with Gasteiger partial charge in [0.25, 0.3) is 0 Å². The Labute approximate surface area is 77.1 Å². The van der Waals surface area contributed by atoms with Crippen LogP contribution in [-0.4, -0.2) is 25.5 Å². The summed E-state index contributed by atoms with van der Waals surface area (Å²) in [5.74, 6) is 2.00. The molecule has 1 fully saturated rings.